The van der Waals surface area contributed by atoms with Gasteiger partial charge in [-0.05, 0) is 41.4 Å². The van der Waals surface area contributed by atoms with E-state index in [9.17, 15) is 8.22 Å². The summed E-state index contributed by atoms with van der Waals surface area (Å²) in [6.45, 7) is 0. The second-order valence-corrected chi connectivity index (χ2v) is 14.7. The van der Waals surface area contributed by atoms with Gasteiger partial charge in [0.25, 0.3) is 0 Å². The molecule has 0 N–H and O–H groups in total. The van der Waals surface area contributed by atoms with E-state index in [1.165, 1.54) is 15.9 Å². The van der Waals surface area contributed by atoms with E-state index in [2.05, 4.69) is 6.07 Å². The smallest absolute Gasteiger partial charge is 0.238 e. The summed E-state index contributed by atoms with van der Waals surface area (Å²) in [5.41, 5.74) is 3.73. The van der Waals surface area contributed by atoms with Gasteiger partial charge in [-0.2, -0.15) is 9.97 Å². The molecule has 0 unspecified atom stereocenters. The number of fused-ring (bicyclic) bond motifs is 10. The SMILES string of the molecule is [2H]c1c([2H])c([2H])c2c(c1[2H])c1c([2H])c([2H])c3c4c([2H])c([2H])c([2H])c([2H])c4n(-c4cc(-c5ccccc5)cc5c4sc4ccccc45)c3c1n2-c1nc(-c2ccccc2)nc(-c2ccccc2)n1. The first-order chi connectivity index (χ1) is 32.4. The van der Waals surface area contributed by atoms with Crippen LogP contribution in [0.25, 0.3) is 109 Å². The van der Waals surface area contributed by atoms with Crippen LogP contribution in [0.5, 0.6) is 0 Å². The van der Waals surface area contributed by atoms with E-state index >= 15 is 0 Å². The fraction of sp³-hybridized carbons (Fsp3) is 0. The number of para-hydroxylation sites is 2. The van der Waals surface area contributed by atoms with Crippen molar-refractivity contribution in [3.63, 3.8) is 0 Å². The van der Waals surface area contributed by atoms with Gasteiger partial charge in [-0.25, -0.2) is 4.98 Å². The Morgan fingerprint density at radius 1 is 0.421 bits per heavy atom. The highest BCUT2D eigenvalue weighted by Crippen LogP contribution is 2.46. The van der Waals surface area contributed by atoms with Gasteiger partial charge in [0.1, 0.15) is 0 Å². The van der Waals surface area contributed by atoms with Crippen LogP contribution in [0.15, 0.2) is 188 Å². The number of thiophene rings is 1. The fourth-order valence-electron chi connectivity index (χ4n) is 7.92. The third-order valence-electron chi connectivity index (χ3n) is 10.4. The molecular weight excluding hydrogens is 715 g/mol. The summed E-state index contributed by atoms with van der Waals surface area (Å²) in [6.07, 6.45) is 0. The first kappa shape index (κ1) is 23.5. The maximum absolute atomic E-state index is 9.86. The Bertz CT molecular complexity index is 4040. The third kappa shape index (κ3) is 4.91. The van der Waals surface area contributed by atoms with Gasteiger partial charge in [0, 0.05) is 48.1 Å². The molecule has 0 aliphatic carbocycles. The minimum atomic E-state index is -0.546. The van der Waals surface area contributed by atoms with Crippen LogP contribution in [0.2, 0.25) is 0 Å². The van der Waals surface area contributed by atoms with E-state index in [0.29, 0.717) is 16.8 Å². The average molecular weight is 756 g/mol. The monoisotopic (exact) mass is 755 g/mol. The molecule has 5 nitrogen and oxygen atoms in total. The molecule has 0 amide bonds. The maximum Gasteiger partial charge on any atom is 0.238 e. The zero-order valence-corrected chi connectivity index (χ0v) is 30.6. The highest BCUT2D eigenvalue weighted by atomic mass is 32.1. The van der Waals surface area contributed by atoms with E-state index in [-0.39, 0.29) is 73.3 Å². The number of hydrogen-bond acceptors (Lipinski definition) is 4. The van der Waals surface area contributed by atoms with E-state index < -0.39 is 48.3 Å². The van der Waals surface area contributed by atoms with Gasteiger partial charge in [0.2, 0.25) is 5.95 Å². The largest absolute Gasteiger partial charge is 0.306 e. The first-order valence-electron chi connectivity index (χ1n) is 23.3. The predicted octanol–water partition coefficient (Wildman–Crippen LogP) is 13.4. The molecule has 266 valence electrons. The van der Waals surface area contributed by atoms with Crippen molar-refractivity contribution in [2.75, 3.05) is 0 Å². The second kappa shape index (κ2) is 12.6. The molecule has 4 heterocycles. The minimum Gasteiger partial charge on any atom is -0.306 e. The molecule has 0 spiro atoms. The number of hydrogen-bond donors (Lipinski definition) is 0. The van der Waals surface area contributed by atoms with Gasteiger partial charge < -0.3 is 4.57 Å². The molecule has 0 bridgehead atoms. The van der Waals surface area contributed by atoms with Crippen molar-refractivity contribution in [1.29, 1.82) is 0 Å². The first-order valence-corrected chi connectivity index (χ1v) is 19.1. The van der Waals surface area contributed by atoms with Crippen molar-refractivity contribution in [2.24, 2.45) is 0 Å². The minimum absolute atomic E-state index is 0.00253. The Kier molecular flexibility index (Phi) is 5.18. The molecule has 57 heavy (non-hydrogen) atoms. The normalized spacial score (nSPS) is 14.3. The Labute approximate surface area is 345 Å². The number of nitrogens with zero attached hydrogens (tertiary/aromatic N) is 5. The molecule has 8 aromatic carbocycles. The van der Waals surface area contributed by atoms with Gasteiger partial charge in [0.15, 0.2) is 11.6 Å². The zero-order chi connectivity index (χ0) is 46.2. The van der Waals surface area contributed by atoms with Crippen molar-refractivity contribution in [2.45, 2.75) is 0 Å². The molecule has 0 aliphatic heterocycles. The Hall–Kier alpha value is -7.41. The lowest BCUT2D eigenvalue weighted by atomic mass is 10.0. The molecule has 0 fully saturated rings. The van der Waals surface area contributed by atoms with E-state index in [1.54, 1.807) is 4.57 Å². The molecule has 0 atom stereocenters. The van der Waals surface area contributed by atoms with Gasteiger partial charge >= 0.3 is 0 Å². The Morgan fingerprint density at radius 3 is 1.58 bits per heavy atom. The van der Waals surface area contributed by atoms with E-state index in [0.717, 1.165) is 31.3 Å². The summed E-state index contributed by atoms with van der Waals surface area (Å²) < 4.78 is 98.7. The molecule has 0 radical (unpaired) electrons. The lowest BCUT2D eigenvalue weighted by Gasteiger charge is -2.15. The molecule has 4 aromatic heterocycles. The molecular formula is C51H31N5S. The van der Waals surface area contributed by atoms with Crippen LogP contribution >= 0.6 is 11.3 Å². The Morgan fingerprint density at radius 2 is 0.947 bits per heavy atom. The number of benzene rings is 8. The topological polar surface area (TPSA) is 48.5 Å². The predicted molar refractivity (Wildman–Crippen MR) is 238 cm³/mol. The lowest BCUT2D eigenvalue weighted by molar-refractivity contribution is 0.953. The van der Waals surface area contributed by atoms with Crippen molar-refractivity contribution in [1.82, 2.24) is 24.1 Å². The molecule has 0 saturated heterocycles. The van der Waals surface area contributed by atoms with Crippen molar-refractivity contribution in [3.05, 3.63) is 188 Å². The summed E-state index contributed by atoms with van der Waals surface area (Å²) in [7, 11) is 0. The zero-order valence-electron chi connectivity index (χ0n) is 39.8. The summed E-state index contributed by atoms with van der Waals surface area (Å²) in [5.74, 6) is 0.447. The van der Waals surface area contributed by atoms with Crippen LogP contribution < -0.4 is 0 Å². The second-order valence-electron chi connectivity index (χ2n) is 13.7. The standard InChI is InChI=1S/C51H31N5S/c1-4-16-32(17-5-1)35-30-41-38-24-12-15-27-45(38)57-48(41)44(31-35)55-42-25-13-10-22-36(42)39-28-29-40-37-23-11-14-26-43(37)56(47(40)46(39)55)51-53-49(33-18-6-2-7-19-33)52-50(54-51)34-20-8-3-9-21-34/h1-31H/i10D,11D,13D,14D,22D,23D,25D,26D,28D,29D. The summed E-state index contributed by atoms with van der Waals surface area (Å²) in [4.78, 5) is 15.0. The van der Waals surface area contributed by atoms with Crippen LogP contribution in [0.1, 0.15) is 13.7 Å². The quantitative estimate of drug-likeness (QED) is 0.176. The average Bonchev–Trinajstić information content (AvgIpc) is 4.05. The molecule has 0 saturated carbocycles. The molecule has 6 heteroatoms. The summed E-state index contributed by atoms with van der Waals surface area (Å²) >= 11 is 1.51. The molecule has 12 aromatic rings. The van der Waals surface area contributed by atoms with Gasteiger partial charge in [0.05, 0.1) is 46.2 Å². The third-order valence-corrected chi connectivity index (χ3v) is 11.6. The van der Waals surface area contributed by atoms with Crippen LogP contribution in [0.4, 0.5) is 0 Å². The highest BCUT2D eigenvalue weighted by molar-refractivity contribution is 7.26. The van der Waals surface area contributed by atoms with E-state index in [4.69, 9.17) is 20.4 Å². The van der Waals surface area contributed by atoms with Crippen LogP contribution in [-0.2, 0) is 0 Å². The number of aromatic nitrogens is 5. The molecule has 0 aliphatic rings. The van der Waals surface area contributed by atoms with Crippen LogP contribution in [0, 0.1) is 0 Å². The summed E-state index contributed by atoms with van der Waals surface area (Å²) in [5, 5.41) is 1.82. The number of rotatable bonds is 5. The highest BCUT2D eigenvalue weighted by Gasteiger charge is 2.25. The van der Waals surface area contributed by atoms with Gasteiger partial charge in [-0.3, -0.25) is 4.57 Å². The Balaban J connectivity index is 1.39. The van der Waals surface area contributed by atoms with Crippen molar-refractivity contribution in [3.8, 4) is 45.5 Å². The van der Waals surface area contributed by atoms with Gasteiger partial charge in [-0.1, -0.05) is 158 Å². The fourth-order valence-corrected chi connectivity index (χ4v) is 9.11. The van der Waals surface area contributed by atoms with Crippen LogP contribution in [-0.4, -0.2) is 24.1 Å². The summed E-state index contributed by atoms with van der Waals surface area (Å²) in [6, 6.07) is 35.7. The van der Waals surface area contributed by atoms with E-state index in [1.807, 2.05) is 121 Å². The van der Waals surface area contributed by atoms with Crippen LogP contribution in [0.3, 0.4) is 0 Å². The maximum atomic E-state index is 9.86. The lowest BCUT2D eigenvalue weighted by Crippen LogP contribution is -2.07. The molecule has 12 rings (SSSR count). The van der Waals surface area contributed by atoms with Crippen molar-refractivity contribution >= 4 is 75.1 Å². The van der Waals surface area contributed by atoms with Gasteiger partial charge in [-0.15, -0.1) is 11.3 Å². The van der Waals surface area contributed by atoms with Crippen molar-refractivity contribution < 1.29 is 13.7 Å².